The second-order valence-corrected chi connectivity index (χ2v) is 6.92. The summed E-state index contributed by atoms with van der Waals surface area (Å²) in [6, 6.07) is 5.79. The molecule has 1 aromatic carbocycles. The minimum atomic E-state index is 0.159. The Balaban J connectivity index is 2.04. The van der Waals surface area contributed by atoms with Crippen molar-refractivity contribution in [2.75, 3.05) is 26.7 Å². The van der Waals surface area contributed by atoms with Crippen molar-refractivity contribution in [3.8, 4) is 5.75 Å². The van der Waals surface area contributed by atoms with Crippen LogP contribution in [0.25, 0.3) is 0 Å². The molecule has 0 unspecified atom stereocenters. The van der Waals surface area contributed by atoms with Gasteiger partial charge in [-0.2, -0.15) is 0 Å². The number of nitrogens with zero attached hydrogens (tertiary/aromatic N) is 1. The Morgan fingerprint density at radius 1 is 1.29 bits per heavy atom. The monoisotopic (exact) mass is 289 g/mol. The van der Waals surface area contributed by atoms with Gasteiger partial charge in [-0.05, 0) is 62.4 Å². The molecule has 21 heavy (non-hydrogen) atoms. The summed E-state index contributed by atoms with van der Waals surface area (Å²) >= 11 is 0. The maximum absolute atomic E-state index is 12.6. The van der Waals surface area contributed by atoms with Gasteiger partial charge in [0.05, 0.1) is 19.2 Å². The lowest BCUT2D eigenvalue weighted by molar-refractivity contribution is 0.0927. The van der Waals surface area contributed by atoms with E-state index >= 15 is 0 Å². The number of ketones is 1. The average Bonchev–Trinajstić information content (AvgIpc) is 2.60. The number of methoxy groups -OCH3 is 1. The van der Waals surface area contributed by atoms with E-state index in [4.69, 9.17) is 4.74 Å². The number of benzene rings is 1. The number of rotatable bonds is 4. The van der Waals surface area contributed by atoms with Crippen LogP contribution >= 0.6 is 0 Å². The van der Waals surface area contributed by atoms with Gasteiger partial charge in [0.15, 0.2) is 5.78 Å². The van der Waals surface area contributed by atoms with Crippen LogP contribution in [0, 0.1) is 12.3 Å². The standard InChI is InChI=1S/C18H27NO2/c1-14-6-7-15(17(12-14)21-4)16(20)13-19-10-5-8-18(2,3)9-11-19/h6-7,12H,5,8-11,13H2,1-4H3. The number of hydrogen-bond donors (Lipinski definition) is 0. The summed E-state index contributed by atoms with van der Waals surface area (Å²) in [5.74, 6) is 0.849. The smallest absolute Gasteiger partial charge is 0.180 e. The van der Waals surface area contributed by atoms with Gasteiger partial charge in [-0.1, -0.05) is 19.9 Å². The molecular weight excluding hydrogens is 262 g/mol. The van der Waals surface area contributed by atoms with Crippen molar-refractivity contribution in [1.82, 2.24) is 4.90 Å². The molecule has 0 spiro atoms. The summed E-state index contributed by atoms with van der Waals surface area (Å²) in [7, 11) is 1.63. The molecule has 0 atom stereocenters. The topological polar surface area (TPSA) is 29.5 Å². The minimum Gasteiger partial charge on any atom is -0.496 e. The number of ether oxygens (including phenoxy) is 1. The molecule has 0 amide bonds. The maximum atomic E-state index is 12.6. The van der Waals surface area contributed by atoms with E-state index in [9.17, 15) is 4.79 Å². The predicted molar refractivity (Wildman–Crippen MR) is 86.1 cm³/mol. The molecule has 0 N–H and O–H groups in total. The third kappa shape index (κ3) is 4.31. The van der Waals surface area contributed by atoms with E-state index in [2.05, 4.69) is 18.7 Å². The Kier molecular flexibility index (Phi) is 5.04. The largest absolute Gasteiger partial charge is 0.496 e. The van der Waals surface area contributed by atoms with Crippen molar-refractivity contribution in [3.05, 3.63) is 29.3 Å². The molecule has 0 aromatic heterocycles. The van der Waals surface area contributed by atoms with Crippen molar-refractivity contribution >= 4 is 5.78 Å². The third-order valence-electron chi connectivity index (χ3n) is 4.46. The third-order valence-corrected chi connectivity index (χ3v) is 4.46. The fourth-order valence-electron chi connectivity index (χ4n) is 2.95. The highest BCUT2D eigenvalue weighted by Crippen LogP contribution is 2.30. The van der Waals surface area contributed by atoms with Crippen LogP contribution < -0.4 is 4.74 Å². The molecule has 0 bridgehead atoms. The van der Waals surface area contributed by atoms with E-state index in [1.807, 2.05) is 25.1 Å². The lowest BCUT2D eigenvalue weighted by Gasteiger charge is -2.23. The average molecular weight is 289 g/mol. The van der Waals surface area contributed by atoms with Gasteiger partial charge in [-0.25, -0.2) is 0 Å². The summed E-state index contributed by atoms with van der Waals surface area (Å²) in [6.45, 7) is 9.17. The predicted octanol–water partition coefficient (Wildman–Crippen LogP) is 3.70. The molecule has 1 heterocycles. The minimum absolute atomic E-state index is 0.159. The molecule has 1 aromatic rings. The first kappa shape index (κ1) is 16.0. The number of likely N-dealkylation sites (tertiary alicyclic amines) is 1. The molecule has 1 saturated heterocycles. The molecule has 1 aliphatic rings. The van der Waals surface area contributed by atoms with E-state index in [-0.39, 0.29) is 5.78 Å². The quantitative estimate of drug-likeness (QED) is 0.792. The highest BCUT2D eigenvalue weighted by molar-refractivity contribution is 6.00. The van der Waals surface area contributed by atoms with Gasteiger partial charge in [0.25, 0.3) is 0 Å². The highest BCUT2D eigenvalue weighted by Gasteiger charge is 2.24. The van der Waals surface area contributed by atoms with Crippen LogP contribution in [0.15, 0.2) is 18.2 Å². The Morgan fingerprint density at radius 2 is 2.05 bits per heavy atom. The van der Waals surface area contributed by atoms with E-state index < -0.39 is 0 Å². The first-order chi connectivity index (χ1) is 9.91. The van der Waals surface area contributed by atoms with Crippen LogP contribution in [0.2, 0.25) is 0 Å². The summed E-state index contributed by atoms with van der Waals surface area (Å²) in [6.07, 6.45) is 3.57. The van der Waals surface area contributed by atoms with Gasteiger partial charge in [0.1, 0.15) is 5.75 Å². The maximum Gasteiger partial charge on any atom is 0.180 e. The Bertz CT molecular complexity index is 508. The summed E-state index contributed by atoms with van der Waals surface area (Å²) in [5.41, 5.74) is 2.21. The Labute approximate surface area is 128 Å². The number of carbonyl (C=O) groups is 1. The molecule has 3 heteroatoms. The number of Topliss-reactive ketones (excluding diaryl/α,β-unsaturated/α-hetero) is 1. The zero-order chi connectivity index (χ0) is 15.5. The Hall–Kier alpha value is -1.35. The number of carbonyl (C=O) groups excluding carboxylic acids is 1. The number of aryl methyl sites for hydroxylation is 1. The van der Waals surface area contributed by atoms with Crippen molar-refractivity contribution in [2.45, 2.75) is 40.0 Å². The van der Waals surface area contributed by atoms with E-state index in [0.29, 0.717) is 23.3 Å². The van der Waals surface area contributed by atoms with E-state index in [1.165, 1.54) is 12.8 Å². The van der Waals surface area contributed by atoms with Gasteiger partial charge in [0.2, 0.25) is 0 Å². The van der Waals surface area contributed by atoms with Gasteiger partial charge in [-0.3, -0.25) is 9.69 Å². The van der Waals surface area contributed by atoms with Crippen molar-refractivity contribution in [2.24, 2.45) is 5.41 Å². The van der Waals surface area contributed by atoms with Crippen molar-refractivity contribution in [3.63, 3.8) is 0 Å². The van der Waals surface area contributed by atoms with Crippen LogP contribution in [-0.4, -0.2) is 37.4 Å². The fourth-order valence-corrected chi connectivity index (χ4v) is 2.95. The molecule has 0 radical (unpaired) electrons. The zero-order valence-corrected chi connectivity index (χ0v) is 13.7. The summed E-state index contributed by atoms with van der Waals surface area (Å²) < 4.78 is 5.35. The van der Waals surface area contributed by atoms with Crippen LogP contribution in [0.5, 0.6) is 5.75 Å². The molecule has 3 nitrogen and oxygen atoms in total. The van der Waals surface area contributed by atoms with Gasteiger partial charge in [0, 0.05) is 0 Å². The molecule has 116 valence electrons. The van der Waals surface area contributed by atoms with Crippen molar-refractivity contribution < 1.29 is 9.53 Å². The molecular formula is C18H27NO2. The molecule has 1 fully saturated rings. The lowest BCUT2D eigenvalue weighted by Crippen LogP contribution is -2.31. The van der Waals surface area contributed by atoms with Crippen LogP contribution in [0.3, 0.4) is 0 Å². The first-order valence-corrected chi connectivity index (χ1v) is 7.81. The van der Waals surface area contributed by atoms with Crippen LogP contribution in [0.1, 0.15) is 49.0 Å². The van der Waals surface area contributed by atoms with Crippen LogP contribution in [-0.2, 0) is 0 Å². The lowest BCUT2D eigenvalue weighted by atomic mass is 9.85. The molecule has 0 aliphatic carbocycles. The highest BCUT2D eigenvalue weighted by atomic mass is 16.5. The SMILES string of the molecule is COc1cc(C)ccc1C(=O)CN1CCCC(C)(C)CC1. The van der Waals surface area contributed by atoms with E-state index in [0.717, 1.165) is 25.1 Å². The molecule has 2 rings (SSSR count). The second kappa shape index (κ2) is 6.61. The van der Waals surface area contributed by atoms with E-state index in [1.54, 1.807) is 7.11 Å². The molecule has 1 aliphatic heterocycles. The summed E-state index contributed by atoms with van der Waals surface area (Å²) in [4.78, 5) is 14.8. The van der Waals surface area contributed by atoms with Gasteiger partial charge >= 0.3 is 0 Å². The first-order valence-electron chi connectivity index (χ1n) is 7.81. The second-order valence-electron chi connectivity index (χ2n) is 6.92. The molecule has 0 saturated carbocycles. The fraction of sp³-hybridized carbons (Fsp3) is 0.611. The van der Waals surface area contributed by atoms with Crippen LogP contribution in [0.4, 0.5) is 0 Å². The summed E-state index contributed by atoms with van der Waals surface area (Å²) in [5, 5.41) is 0. The van der Waals surface area contributed by atoms with Crippen molar-refractivity contribution in [1.29, 1.82) is 0 Å². The normalized spacial score (nSPS) is 19.0. The number of hydrogen-bond acceptors (Lipinski definition) is 3. The van der Waals surface area contributed by atoms with Gasteiger partial charge < -0.3 is 4.74 Å². The van der Waals surface area contributed by atoms with Gasteiger partial charge in [-0.15, -0.1) is 0 Å². The zero-order valence-electron chi connectivity index (χ0n) is 13.7. The Morgan fingerprint density at radius 3 is 2.76 bits per heavy atom.